The van der Waals surface area contributed by atoms with E-state index < -0.39 is 5.97 Å². The number of nitrogens with one attached hydrogen (secondary N) is 1. The molecule has 0 saturated carbocycles. The minimum absolute atomic E-state index is 0.0311. The van der Waals surface area contributed by atoms with Gasteiger partial charge in [0.1, 0.15) is 5.76 Å². The van der Waals surface area contributed by atoms with Gasteiger partial charge in [0, 0.05) is 12.1 Å². The molecular weight excluding hydrogens is 270 g/mol. The number of benzene rings is 1. The zero-order valence-electron chi connectivity index (χ0n) is 11.8. The molecule has 1 heterocycles. The van der Waals surface area contributed by atoms with Crippen molar-refractivity contribution >= 4 is 17.6 Å². The molecule has 0 saturated heterocycles. The lowest BCUT2D eigenvalue weighted by Gasteiger charge is -2.06. The van der Waals surface area contributed by atoms with Crippen molar-refractivity contribution in [1.82, 2.24) is 0 Å². The molecule has 1 aromatic carbocycles. The van der Waals surface area contributed by atoms with E-state index in [0.29, 0.717) is 29.0 Å². The van der Waals surface area contributed by atoms with Crippen LogP contribution in [0.25, 0.3) is 0 Å². The lowest BCUT2D eigenvalue weighted by atomic mass is 10.1. The minimum atomic E-state index is -0.880. The summed E-state index contributed by atoms with van der Waals surface area (Å²) in [6.07, 6.45) is 3.09. The number of furan rings is 1. The van der Waals surface area contributed by atoms with Crippen molar-refractivity contribution in [3.63, 3.8) is 0 Å². The first-order valence-electron chi connectivity index (χ1n) is 6.78. The summed E-state index contributed by atoms with van der Waals surface area (Å²) in [4.78, 5) is 22.8. The van der Waals surface area contributed by atoms with Gasteiger partial charge in [-0.2, -0.15) is 0 Å². The summed E-state index contributed by atoms with van der Waals surface area (Å²) < 4.78 is 5.30. The summed E-state index contributed by atoms with van der Waals surface area (Å²) in [7, 11) is 0. The number of aryl methyl sites for hydroxylation is 1. The maximum Gasteiger partial charge on any atom is 0.307 e. The number of aliphatic carboxylic acids is 1. The Bertz CT molecular complexity index is 628. The van der Waals surface area contributed by atoms with Gasteiger partial charge in [-0.25, -0.2) is 0 Å². The van der Waals surface area contributed by atoms with Gasteiger partial charge in [0.05, 0.1) is 18.2 Å². The van der Waals surface area contributed by atoms with Crippen LogP contribution in [-0.4, -0.2) is 17.0 Å². The Labute approximate surface area is 122 Å². The molecule has 2 N–H and O–H groups in total. The Morgan fingerprint density at radius 1 is 1.19 bits per heavy atom. The Kier molecular flexibility index (Phi) is 4.77. The van der Waals surface area contributed by atoms with Crippen LogP contribution in [0.15, 0.2) is 41.0 Å². The Morgan fingerprint density at radius 2 is 1.90 bits per heavy atom. The molecule has 5 nitrogen and oxygen atoms in total. The molecule has 0 radical (unpaired) electrons. The summed E-state index contributed by atoms with van der Waals surface area (Å²) in [5.74, 6) is -0.426. The molecule has 1 aromatic heterocycles. The van der Waals surface area contributed by atoms with Gasteiger partial charge in [-0.3, -0.25) is 9.59 Å². The first-order chi connectivity index (χ1) is 10.1. The number of carbonyl (C=O) groups excluding carboxylic acids is 1. The van der Waals surface area contributed by atoms with E-state index in [1.165, 1.54) is 6.26 Å². The van der Waals surface area contributed by atoms with Gasteiger partial charge in [-0.1, -0.05) is 19.1 Å². The van der Waals surface area contributed by atoms with E-state index in [1.54, 1.807) is 30.3 Å². The number of hydrogen-bond donors (Lipinski definition) is 2. The van der Waals surface area contributed by atoms with Crippen LogP contribution in [0, 0.1) is 0 Å². The molecule has 0 fully saturated rings. The van der Waals surface area contributed by atoms with Gasteiger partial charge in [-0.15, -0.1) is 0 Å². The van der Waals surface area contributed by atoms with Crippen LogP contribution in [0.5, 0.6) is 0 Å². The number of carbonyl (C=O) groups is 2. The average molecular weight is 287 g/mol. The smallest absolute Gasteiger partial charge is 0.307 e. The van der Waals surface area contributed by atoms with Crippen molar-refractivity contribution in [1.29, 1.82) is 0 Å². The predicted molar refractivity (Wildman–Crippen MR) is 78.4 cm³/mol. The maximum atomic E-state index is 12.2. The summed E-state index contributed by atoms with van der Waals surface area (Å²) >= 11 is 0. The van der Waals surface area contributed by atoms with Crippen LogP contribution < -0.4 is 5.32 Å². The Hall–Kier alpha value is -2.56. The van der Waals surface area contributed by atoms with E-state index in [-0.39, 0.29) is 12.3 Å². The normalized spacial score (nSPS) is 10.3. The van der Waals surface area contributed by atoms with E-state index in [4.69, 9.17) is 9.52 Å². The molecule has 0 aliphatic rings. The van der Waals surface area contributed by atoms with Gasteiger partial charge in [0.15, 0.2) is 0 Å². The second-order valence-electron chi connectivity index (χ2n) is 4.73. The van der Waals surface area contributed by atoms with Crippen molar-refractivity contribution in [2.24, 2.45) is 0 Å². The standard InChI is InChI=1S/C16H17NO4/c1-2-3-14-13(8-9-21-14)16(20)17-12-6-4-11(5-7-12)10-15(18)19/h4-9H,2-3,10H2,1H3,(H,17,20)(H,18,19). The maximum absolute atomic E-state index is 12.2. The molecule has 2 aromatic rings. The molecule has 1 amide bonds. The number of rotatable bonds is 6. The zero-order chi connectivity index (χ0) is 15.2. The number of anilines is 1. The summed E-state index contributed by atoms with van der Waals surface area (Å²) in [5, 5.41) is 11.5. The lowest BCUT2D eigenvalue weighted by molar-refractivity contribution is -0.136. The molecule has 0 atom stereocenters. The van der Waals surface area contributed by atoms with Crippen LogP contribution in [0.3, 0.4) is 0 Å². The van der Waals surface area contributed by atoms with Crippen molar-refractivity contribution in [2.75, 3.05) is 5.32 Å². The van der Waals surface area contributed by atoms with Crippen LogP contribution in [0.2, 0.25) is 0 Å². The Morgan fingerprint density at radius 3 is 2.52 bits per heavy atom. The highest BCUT2D eigenvalue weighted by Crippen LogP contribution is 2.16. The molecule has 21 heavy (non-hydrogen) atoms. The SMILES string of the molecule is CCCc1occc1C(=O)Nc1ccc(CC(=O)O)cc1. The topological polar surface area (TPSA) is 79.5 Å². The van der Waals surface area contributed by atoms with Crippen LogP contribution in [0.1, 0.15) is 35.0 Å². The average Bonchev–Trinajstić information content (AvgIpc) is 2.89. The number of carboxylic acid groups (broad SMARTS) is 1. The number of carboxylic acids is 1. The molecule has 110 valence electrons. The van der Waals surface area contributed by atoms with Crippen LogP contribution in [-0.2, 0) is 17.6 Å². The quantitative estimate of drug-likeness (QED) is 0.855. The van der Waals surface area contributed by atoms with Crippen molar-refractivity contribution in [3.8, 4) is 0 Å². The molecule has 0 aliphatic carbocycles. The van der Waals surface area contributed by atoms with E-state index in [0.717, 1.165) is 6.42 Å². The molecule has 5 heteroatoms. The third-order valence-electron chi connectivity index (χ3n) is 3.03. The first-order valence-corrected chi connectivity index (χ1v) is 6.78. The summed E-state index contributed by atoms with van der Waals surface area (Å²) in [6, 6.07) is 8.41. The summed E-state index contributed by atoms with van der Waals surface area (Å²) in [5.41, 5.74) is 1.85. The molecular formula is C16H17NO4. The monoisotopic (exact) mass is 287 g/mol. The molecule has 0 aliphatic heterocycles. The molecule has 0 unspecified atom stereocenters. The van der Waals surface area contributed by atoms with Gasteiger partial charge >= 0.3 is 5.97 Å². The first kappa shape index (κ1) is 14.8. The lowest BCUT2D eigenvalue weighted by Crippen LogP contribution is -2.13. The van der Waals surface area contributed by atoms with E-state index in [9.17, 15) is 9.59 Å². The van der Waals surface area contributed by atoms with Gasteiger partial charge in [0.25, 0.3) is 5.91 Å². The molecule has 0 bridgehead atoms. The highest BCUT2D eigenvalue weighted by molar-refractivity contribution is 6.04. The second kappa shape index (κ2) is 6.74. The van der Waals surface area contributed by atoms with Gasteiger partial charge in [0.2, 0.25) is 0 Å². The fourth-order valence-corrected chi connectivity index (χ4v) is 2.04. The van der Waals surface area contributed by atoms with Crippen molar-refractivity contribution in [2.45, 2.75) is 26.2 Å². The third kappa shape index (κ3) is 3.95. The number of hydrogen-bond acceptors (Lipinski definition) is 3. The van der Waals surface area contributed by atoms with Crippen molar-refractivity contribution in [3.05, 3.63) is 53.5 Å². The highest BCUT2D eigenvalue weighted by Gasteiger charge is 2.14. The van der Waals surface area contributed by atoms with E-state index >= 15 is 0 Å². The predicted octanol–water partition coefficient (Wildman–Crippen LogP) is 3.11. The third-order valence-corrected chi connectivity index (χ3v) is 3.03. The highest BCUT2D eigenvalue weighted by atomic mass is 16.4. The fourth-order valence-electron chi connectivity index (χ4n) is 2.04. The zero-order valence-corrected chi connectivity index (χ0v) is 11.8. The number of amides is 1. The van der Waals surface area contributed by atoms with Gasteiger partial charge in [-0.05, 0) is 30.2 Å². The molecule has 2 rings (SSSR count). The summed E-state index contributed by atoms with van der Waals surface area (Å²) in [6.45, 7) is 2.02. The van der Waals surface area contributed by atoms with Crippen LogP contribution >= 0.6 is 0 Å². The fraction of sp³-hybridized carbons (Fsp3) is 0.250. The second-order valence-corrected chi connectivity index (χ2v) is 4.73. The van der Waals surface area contributed by atoms with Crippen LogP contribution in [0.4, 0.5) is 5.69 Å². The largest absolute Gasteiger partial charge is 0.481 e. The Balaban J connectivity index is 2.05. The van der Waals surface area contributed by atoms with Gasteiger partial charge < -0.3 is 14.8 Å². The molecule has 0 spiro atoms. The van der Waals surface area contributed by atoms with Crippen molar-refractivity contribution < 1.29 is 19.1 Å². The van der Waals surface area contributed by atoms with E-state index in [2.05, 4.69) is 5.32 Å². The minimum Gasteiger partial charge on any atom is -0.481 e. The van der Waals surface area contributed by atoms with E-state index in [1.807, 2.05) is 6.92 Å².